The summed E-state index contributed by atoms with van der Waals surface area (Å²) in [7, 11) is 0. The summed E-state index contributed by atoms with van der Waals surface area (Å²) in [5.41, 5.74) is 2.60. The van der Waals surface area contributed by atoms with Gasteiger partial charge in [0.25, 0.3) is 0 Å². The Bertz CT molecular complexity index is 863. The van der Waals surface area contributed by atoms with Crippen LogP contribution < -0.4 is 5.32 Å². The lowest BCUT2D eigenvalue weighted by Crippen LogP contribution is -2.26. The molecule has 0 radical (unpaired) electrons. The maximum atomic E-state index is 12.0. The largest absolute Gasteiger partial charge is 0.356 e. The van der Waals surface area contributed by atoms with Crippen LogP contribution in [0, 0.1) is 0 Å². The Balaban J connectivity index is 1.40. The highest BCUT2D eigenvalue weighted by Crippen LogP contribution is 2.23. The van der Waals surface area contributed by atoms with Gasteiger partial charge in [0.2, 0.25) is 5.91 Å². The Kier molecular flexibility index (Phi) is 6.22. The zero-order valence-electron chi connectivity index (χ0n) is 14.2. The molecule has 3 aromatic rings. The van der Waals surface area contributed by atoms with E-state index >= 15 is 0 Å². The average Bonchev–Trinajstić information content (AvgIpc) is 3.16. The molecule has 0 aliphatic carbocycles. The summed E-state index contributed by atoms with van der Waals surface area (Å²) in [6.45, 7) is 0.512. The lowest BCUT2D eigenvalue weighted by atomic mass is 10.1. The molecule has 6 heteroatoms. The highest BCUT2D eigenvalue weighted by Gasteiger charge is 2.09. The van der Waals surface area contributed by atoms with E-state index in [1.165, 1.54) is 6.20 Å². The minimum atomic E-state index is -0.124. The first-order valence-electron chi connectivity index (χ1n) is 8.42. The minimum absolute atomic E-state index is 0.0692. The van der Waals surface area contributed by atoms with Crippen molar-refractivity contribution in [2.24, 2.45) is 0 Å². The van der Waals surface area contributed by atoms with Crippen molar-refractivity contribution < 1.29 is 9.59 Å². The molecule has 0 atom stereocenters. The Labute approximate surface area is 156 Å². The summed E-state index contributed by atoms with van der Waals surface area (Å²) in [6, 6.07) is 13.4. The van der Waals surface area contributed by atoms with Crippen molar-refractivity contribution >= 4 is 23.0 Å². The normalized spacial score (nSPS) is 10.5. The minimum Gasteiger partial charge on any atom is -0.356 e. The number of Topliss-reactive ketones (excluding diaryl/α,β-unsaturated/α-hetero) is 1. The fourth-order valence-electron chi connectivity index (χ4n) is 2.45. The quantitative estimate of drug-likeness (QED) is 0.620. The molecule has 3 rings (SSSR count). The molecule has 1 aromatic carbocycles. The Morgan fingerprint density at radius 1 is 1.04 bits per heavy atom. The molecule has 26 heavy (non-hydrogen) atoms. The summed E-state index contributed by atoms with van der Waals surface area (Å²) in [5.74, 6) is -0.194. The van der Waals surface area contributed by atoms with Gasteiger partial charge in [0.05, 0.1) is 5.69 Å². The van der Waals surface area contributed by atoms with Gasteiger partial charge in [-0.15, -0.1) is 11.3 Å². The molecule has 0 bridgehead atoms. The van der Waals surface area contributed by atoms with Gasteiger partial charge in [-0.3, -0.25) is 14.6 Å². The van der Waals surface area contributed by atoms with Gasteiger partial charge in [0, 0.05) is 54.7 Å². The van der Waals surface area contributed by atoms with Gasteiger partial charge >= 0.3 is 0 Å². The fourth-order valence-corrected chi connectivity index (χ4v) is 3.31. The van der Waals surface area contributed by atoms with Crippen LogP contribution in [0.1, 0.15) is 28.9 Å². The monoisotopic (exact) mass is 365 g/mol. The summed E-state index contributed by atoms with van der Waals surface area (Å²) >= 11 is 1.60. The zero-order valence-corrected chi connectivity index (χ0v) is 15.0. The van der Waals surface area contributed by atoms with Gasteiger partial charge in [-0.2, -0.15) is 0 Å². The van der Waals surface area contributed by atoms with Crippen molar-refractivity contribution in [1.29, 1.82) is 0 Å². The Morgan fingerprint density at radius 2 is 1.88 bits per heavy atom. The van der Waals surface area contributed by atoms with Gasteiger partial charge in [-0.1, -0.05) is 30.3 Å². The Hall–Kier alpha value is -2.86. The van der Waals surface area contributed by atoms with Crippen molar-refractivity contribution in [3.05, 3.63) is 71.5 Å². The van der Waals surface area contributed by atoms with Gasteiger partial charge in [0.1, 0.15) is 5.01 Å². The molecule has 0 saturated heterocycles. The third-order valence-corrected chi connectivity index (χ3v) is 4.78. The number of pyridine rings is 1. The van der Waals surface area contributed by atoms with Crippen molar-refractivity contribution in [2.75, 3.05) is 6.54 Å². The molecule has 132 valence electrons. The van der Waals surface area contributed by atoms with E-state index in [4.69, 9.17) is 0 Å². The Morgan fingerprint density at radius 3 is 2.65 bits per heavy atom. The number of hydrogen-bond donors (Lipinski definition) is 1. The van der Waals surface area contributed by atoms with E-state index in [2.05, 4.69) is 15.3 Å². The molecular formula is C20H19N3O2S. The number of thiazole rings is 1. The van der Waals surface area contributed by atoms with E-state index in [1.54, 1.807) is 29.7 Å². The molecule has 5 nitrogen and oxygen atoms in total. The van der Waals surface area contributed by atoms with Crippen LogP contribution in [0.25, 0.3) is 10.6 Å². The second-order valence-electron chi connectivity index (χ2n) is 5.77. The lowest BCUT2D eigenvalue weighted by molar-refractivity contribution is -0.121. The zero-order chi connectivity index (χ0) is 18.2. The number of amides is 1. The molecular weight excluding hydrogens is 346 g/mol. The van der Waals surface area contributed by atoms with Crippen molar-refractivity contribution in [1.82, 2.24) is 15.3 Å². The third-order valence-electron chi connectivity index (χ3n) is 3.84. The second kappa shape index (κ2) is 9.01. The standard InChI is InChI=1S/C20H19N3O2S/c24-18(16-7-4-11-21-13-16)8-9-19(25)22-12-10-17-14-26-20(23-17)15-5-2-1-3-6-15/h1-7,11,13-14H,8-10,12H2,(H,22,25). The van der Waals surface area contributed by atoms with Crippen LogP contribution in [0.15, 0.2) is 60.2 Å². The lowest BCUT2D eigenvalue weighted by Gasteiger charge is -2.04. The van der Waals surface area contributed by atoms with Gasteiger partial charge in [-0.05, 0) is 12.1 Å². The first kappa shape index (κ1) is 17.9. The van der Waals surface area contributed by atoms with Crippen LogP contribution in [-0.4, -0.2) is 28.2 Å². The molecule has 2 aromatic heterocycles. The highest BCUT2D eigenvalue weighted by molar-refractivity contribution is 7.13. The first-order valence-corrected chi connectivity index (χ1v) is 9.30. The first-order chi connectivity index (χ1) is 12.7. The molecule has 0 aliphatic rings. The highest BCUT2D eigenvalue weighted by atomic mass is 32.1. The number of nitrogens with zero attached hydrogens (tertiary/aromatic N) is 2. The van der Waals surface area contributed by atoms with Crippen molar-refractivity contribution in [3.63, 3.8) is 0 Å². The van der Waals surface area contributed by atoms with Gasteiger partial charge in [-0.25, -0.2) is 4.98 Å². The SMILES string of the molecule is O=C(CCC(=O)c1cccnc1)NCCc1csc(-c2ccccc2)n1. The van der Waals surface area contributed by atoms with Crippen LogP contribution in [0.2, 0.25) is 0 Å². The number of carbonyl (C=O) groups excluding carboxylic acids is 2. The third kappa shape index (κ3) is 5.07. The molecule has 0 aliphatic heterocycles. The fraction of sp³-hybridized carbons (Fsp3) is 0.200. The van der Waals surface area contributed by atoms with Crippen LogP contribution in [-0.2, 0) is 11.2 Å². The number of hydrogen-bond acceptors (Lipinski definition) is 5. The summed E-state index contributed by atoms with van der Waals surface area (Å²) in [4.78, 5) is 32.4. The predicted octanol–water partition coefficient (Wildman–Crippen LogP) is 3.53. The average molecular weight is 365 g/mol. The summed E-state index contributed by atoms with van der Waals surface area (Å²) in [5, 5.41) is 5.84. The van der Waals surface area contributed by atoms with Gasteiger partial charge in [0.15, 0.2) is 5.78 Å². The summed E-state index contributed by atoms with van der Waals surface area (Å²) < 4.78 is 0. The topological polar surface area (TPSA) is 72.0 Å². The van der Waals surface area contributed by atoms with E-state index < -0.39 is 0 Å². The van der Waals surface area contributed by atoms with Crippen molar-refractivity contribution in [3.8, 4) is 10.6 Å². The van der Waals surface area contributed by atoms with Gasteiger partial charge < -0.3 is 5.32 Å². The number of carbonyl (C=O) groups is 2. The van der Waals surface area contributed by atoms with E-state index in [9.17, 15) is 9.59 Å². The molecule has 1 N–H and O–H groups in total. The maximum Gasteiger partial charge on any atom is 0.220 e. The number of ketones is 1. The number of rotatable bonds is 8. The molecule has 0 fully saturated rings. The maximum absolute atomic E-state index is 12.0. The van der Waals surface area contributed by atoms with E-state index in [0.717, 1.165) is 16.3 Å². The van der Waals surface area contributed by atoms with Crippen LogP contribution in [0.4, 0.5) is 0 Å². The van der Waals surface area contributed by atoms with Crippen molar-refractivity contribution in [2.45, 2.75) is 19.3 Å². The van der Waals surface area contributed by atoms with E-state index in [1.807, 2.05) is 35.7 Å². The molecule has 1 amide bonds. The molecule has 0 saturated carbocycles. The number of nitrogens with one attached hydrogen (secondary N) is 1. The number of benzene rings is 1. The smallest absolute Gasteiger partial charge is 0.220 e. The van der Waals surface area contributed by atoms with Crippen LogP contribution >= 0.6 is 11.3 Å². The van der Waals surface area contributed by atoms with E-state index in [0.29, 0.717) is 18.5 Å². The second-order valence-corrected chi connectivity index (χ2v) is 6.63. The van der Waals surface area contributed by atoms with Crippen LogP contribution in [0.3, 0.4) is 0 Å². The number of aromatic nitrogens is 2. The molecule has 0 unspecified atom stereocenters. The molecule has 2 heterocycles. The summed E-state index contributed by atoms with van der Waals surface area (Å²) in [6.07, 6.45) is 4.18. The predicted molar refractivity (Wildman–Crippen MR) is 102 cm³/mol. The van der Waals surface area contributed by atoms with E-state index in [-0.39, 0.29) is 24.5 Å². The van der Waals surface area contributed by atoms with Crippen LogP contribution in [0.5, 0.6) is 0 Å². The molecule has 0 spiro atoms.